The fourth-order valence-corrected chi connectivity index (χ4v) is 1.64. The standard InChI is InChI=1S/C13H15N5O2/c14-5-6-16-12(19)9-3-1-2-4-10(9)18-13(20)11-7-15-8-17-11/h1-4,7-8H,5-6,14H2,(H,15,17)(H,16,19)(H,18,20). The number of nitrogens with zero attached hydrogens (tertiary/aromatic N) is 1. The number of anilines is 1. The van der Waals surface area contributed by atoms with Gasteiger partial charge < -0.3 is 21.4 Å². The van der Waals surface area contributed by atoms with Crippen molar-refractivity contribution >= 4 is 17.5 Å². The van der Waals surface area contributed by atoms with Crippen LogP contribution in [0.3, 0.4) is 0 Å². The average Bonchev–Trinajstić information content (AvgIpc) is 2.99. The number of benzene rings is 1. The van der Waals surface area contributed by atoms with Gasteiger partial charge in [-0.3, -0.25) is 9.59 Å². The summed E-state index contributed by atoms with van der Waals surface area (Å²) < 4.78 is 0. The van der Waals surface area contributed by atoms with Crippen molar-refractivity contribution in [1.82, 2.24) is 15.3 Å². The lowest BCUT2D eigenvalue weighted by molar-refractivity contribution is 0.0955. The molecule has 0 fully saturated rings. The van der Waals surface area contributed by atoms with E-state index in [9.17, 15) is 9.59 Å². The second-order valence-electron chi connectivity index (χ2n) is 4.01. The first-order valence-electron chi connectivity index (χ1n) is 6.09. The highest BCUT2D eigenvalue weighted by Gasteiger charge is 2.14. The molecule has 2 amide bonds. The van der Waals surface area contributed by atoms with Crippen LogP contribution in [0, 0.1) is 0 Å². The summed E-state index contributed by atoms with van der Waals surface area (Å²) in [6, 6.07) is 6.76. The van der Waals surface area contributed by atoms with Crippen LogP contribution in [0.15, 0.2) is 36.8 Å². The average molecular weight is 273 g/mol. The third-order valence-electron chi connectivity index (χ3n) is 2.59. The third kappa shape index (κ3) is 3.21. The number of nitrogens with two attached hydrogens (primary N) is 1. The molecule has 0 aliphatic rings. The molecule has 7 nitrogen and oxygen atoms in total. The first kappa shape index (κ1) is 13.8. The fraction of sp³-hybridized carbons (Fsp3) is 0.154. The van der Waals surface area contributed by atoms with Crippen LogP contribution in [-0.2, 0) is 0 Å². The number of carbonyl (C=O) groups excluding carboxylic acids is 2. The maximum absolute atomic E-state index is 12.0. The Morgan fingerprint density at radius 1 is 1.25 bits per heavy atom. The van der Waals surface area contributed by atoms with Crippen molar-refractivity contribution in [2.45, 2.75) is 0 Å². The van der Waals surface area contributed by atoms with E-state index in [1.165, 1.54) is 12.5 Å². The normalized spacial score (nSPS) is 10.1. The van der Waals surface area contributed by atoms with Gasteiger partial charge in [0.15, 0.2) is 0 Å². The van der Waals surface area contributed by atoms with Gasteiger partial charge in [0, 0.05) is 13.1 Å². The summed E-state index contributed by atoms with van der Waals surface area (Å²) in [5, 5.41) is 5.33. The zero-order valence-electron chi connectivity index (χ0n) is 10.7. The molecule has 1 heterocycles. The van der Waals surface area contributed by atoms with Crippen LogP contribution in [0.2, 0.25) is 0 Å². The number of aromatic amines is 1. The van der Waals surface area contributed by atoms with Crippen molar-refractivity contribution in [3.8, 4) is 0 Å². The predicted molar refractivity (Wildman–Crippen MR) is 74.4 cm³/mol. The van der Waals surface area contributed by atoms with Crippen LogP contribution in [0.1, 0.15) is 20.8 Å². The van der Waals surface area contributed by atoms with Gasteiger partial charge in [0.05, 0.1) is 23.8 Å². The second-order valence-corrected chi connectivity index (χ2v) is 4.01. The Morgan fingerprint density at radius 2 is 2.05 bits per heavy atom. The summed E-state index contributed by atoms with van der Waals surface area (Å²) in [6.45, 7) is 0.732. The summed E-state index contributed by atoms with van der Waals surface area (Å²) in [4.78, 5) is 30.4. The van der Waals surface area contributed by atoms with Gasteiger partial charge in [-0.2, -0.15) is 0 Å². The van der Waals surface area contributed by atoms with Crippen molar-refractivity contribution in [3.63, 3.8) is 0 Å². The molecule has 0 atom stereocenters. The largest absolute Gasteiger partial charge is 0.351 e. The molecule has 2 aromatic rings. The summed E-state index contributed by atoms with van der Waals surface area (Å²) in [6.07, 6.45) is 2.82. The molecule has 0 saturated heterocycles. The van der Waals surface area contributed by atoms with Crippen molar-refractivity contribution in [2.24, 2.45) is 5.73 Å². The van der Waals surface area contributed by atoms with Crippen molar-refractivity contribution in [3.05, 3.63) is 48.0 Å². The minimum Gasteiger partial charge on any atom is -0.351 e. The Hall–Kier alpha value is -2.67. The molecule has 0 saturated carbocycles. The lowest BCUT2D eigenvalue weighted by Crippen LogP contribution is -2.30. The number of nitrogens with one attached hydrogen (secondary N) is 3. The molecule has 0 aliphatic carbocycles. The molecule has 2 rings (SSSR count). The number of imidazole rings is 1. The van der Waals surface area contributed by atoms with Gasteiger partial charge in [-0.15, -0.1) is 0 Å². The molecular formula is C13H15N5O2. The van der Waals surface area contributed by atoms with Crippen LogP contribution in [-0.4, -0.2) is 34.9 Å². The number of carbonyl (C=O) groups is 2. The Labute approximate surface area is 115 Å². The maximum Gasteiger partial charge on any atom is 0.273 e. The van der Waals surface area contributed by atoms with E-state index in [0.717, 1.165) is 0 Å². The lowest BCUT2D eigenvalue weighted by Gasteiger charge is -2.10. The number of para-hydroxylation sites is 1. The van der Waals surface area contributed by atoms with Crippen LogP contribution >= 0.6 is 0 Å². The van der Waals surface area contributed by atoms with Crippen LogP contribution in [0.4, 0.5) is 5.69 Å². The molecule has 20 heavy (non-hydrogen) atoms. The Bertz CT molecular complexity index is 595. The van der Waals surface area contributed by atoms with Gasteiger partial charge in [0.1, 0.15) is 5.69 Å². The first-order chi connectivity index (χ1) is 9.72. The van der Waals surface area contributed by atoms with Crippen molar-refractivity contribution in [1.29, 1.82) is 0 Å². The van der Waals surface area contributed by atoms with Gasteiger partial charge in [0.25, 0.3) is 11.8 Å². The number of hydrogen-bond acceptors (Lipinski definition) is 4. The van der Waals surface area contributed by atoms with Gasteiger partial charge in [-0.05, 0) is 12.1 Å². The zero-order chi connectivity index (χ0) is 14.4. The van der Waals surface area contributed by atoms with Gasteiger partial charge in [0.2, 0.25) is 0 Å². The molecule has 0 unspecified atom stereocenters. The zero-order valence-corrected chi connectivity index (χ0v) is 10.7. The number of rotatable bonds is 5. The van der Waals surface area contributed by atoms with E-state index in [2.05, 4.69) is 20.6 Å². The van der Waals surface area contributed by atoms with E-state index in [-0.39, 0.29) is 11.8 Å². The Balaban J connectivity index is 2.15. The van der Waals surface area contributed by atoms with E-state index in [1.807, 2.05) is 0 Å². The molecule has 0 aliphatic heterocycles. The van der Waals surface area contributed by atoms with Gasteiger partial charge >= 0.3 is 0 Å². The highest BCUT2D eigenvalue weighted by molar-refractivity contribution is 6.08. The molecule has 0 bridgehead atoms. The predicted octanol–water partition coefficient (Wildman–Crippen LogP) is 0.350. The topological polar surface area (TPSA) is 113 Å². The third-order valence-corrected chi connectivity index (χ3v) is 2.59. The van der Waals surface area contributed by atoms with Crippen molar-refractivity contribution in [2.75, 3.05) is 18.4 Å². The van der Waals surface area contributed by atoms with Crippen LogP contribution in [0.25, 0.3) is 0 Å². The quantitative estimate of drug-likeness (QED) is 0.629. The second kappa shape index (κ2) is 6.48. The minimum atomic E-state index is -0.360. The smallest absolute Gasteiger partial charge is 0.273 e. The first-order valence-corrected chi connectivity index (χ1v) is 6.09. The molecule has 104 valence electrons. The van der Waals surface area contributed by atoms with E-state index >= 15 is 0 Å². The fourth-order valence-electron chi connectivity index (χ4n) is 1.64. The molecule has 5 N–H and O–H groups in total. The summed E-state index contributed by atoms with van der Waals surface area (Å²) in [5.41, 5.74) is 6.48. The molecule has 0 radical (unpaired) electrons. The lowest BCUT2D eigenvalue weighted by atomic mass is 10.1. The summed E-state index contributed by atoms with van der Waals surface area (Å²) >= 11 is 0. The van der Waals surface area contributed by atoms with Gasteiger partial charge in [-0.1, -0.05) is 12.1 Å². The maximum atomic E-state index is 12.0. The molecule has 7 heteroatoms. The van der Waals surface area contributed by atoms with E-state index in [0.29, 0.717) is 30.0 Å². The van der Waals surface area contributed by atoms with E-state index in [1.54, 1.807) is 24.3 Å². The SMILES string of the molecule is NCCNC(=O)c1ccccc1NC(=O)c1cnc[nH]1. The molecule has 0 spiro atoms. The monoisotopic (exact) mass is 273 g/mol. The summed E-state index contributed by atoms with van der Waals surface area (Å²) in [5.74, 6) is -0.641. The Morgan fingerprint density at radius 3 is 2.75 bits per heavy atom. The minimum absolute atomic E-state index is 0.282. The highest BCUT2D eigenvalue weighted by Crippen LogP contribution is 2.15. The molecule has 1 aromatic carbocycles. The summed E-state index contributed by atoms with van der Waals surface area (Å²) in [7, 11) is 0. The van der Waals surface area contributed by atoms with Gasteiger partial charge in [-0.25, -0.2) is 4.98 Å². The van der Waals surface area contributed by atoms with E-state index < -0.39 is 0 Å². The number of aromatic nitrogens is 2. The van der Waals surface area contributed by atoms with E-state index in [4.69, 9.17) is 5.73 Å². The Kier molecular flexibility index (Phi) is 4.46. The number of amides is 2. The number of hydrogen-bond donors (Lipinski definition) is 4. The van der Waals surface area contributed by atoms with Crippen molar-refractivity contribution < 1.29 is 9.59 Å². The van der Waals surface area contributed by atoms with Crippen LogP contribution in [0.5, 0.6) is 0 Å². The number of H-pyrrole nitrogens is 1. The highest BCUT2D eigenvalue weighted by atomic mass is 16.2. The molecular weight excluding hydrogens is 258 g/mol. The van der Waals surface area contributed by atoms with Crippen LogP contribution < -0.4 is 16.4 Å². The molecule has 1 aromatic heterocycles.